The molecule has 0 fully saturated rings. The fourth-order valence-electron chi connectivity index (χ4n) is 11.2. The predicted octanol–water partition coefficient (Wildman–Crippen LogP) is 13.3. The van der Waals surface area contributed by atoms with E-state index in [9.17, 15) is 0 Å². The third-order valence-electron chi connectivity index (χ3n) is 15.2. The largest absolute Gasteiger partial charge is 0.468 e. The van der Waals surface area contributed by atoms with Crippen LogP contribution in [-0.4, -0.2) is 6.71 Å². The Labute approximate surface area is 352 Å². The van der Waals surface area contributed by atoms with Crippen LogP contribution in [0.1, 0.15) is 141 Å². The van der Waals surface area contributed by atoms with Crippen molar-refractivity contribution in [2.45, 2.75) is 143 Å². The lowest BCUT2D eigenvalue weighted by molar-refractivity contribution is 0.332. The van der Waals surface area contributed by atoms with Crippen LogP contribution in [-0.2, 0) is 27.1 Å². The molecule has 0 saturated heterocycles. The highest BCUT2D eigenvalue weighted by Crippen LogP contribution is 2.53. The van der Waals surface area contributed by atoms with Crippen LogP contribution < -0.4 is 26.4 Å². The average Bonchev–Trinajstić information content (AvgIpc) is 3.52. The van der Waals surface area contributed by atoms with Gasteiger partial charge in [-0.3, -0.25) is 0 Å². The maximum Gasteiger partial charge on any atom is 0.297 e. The van der Waals surface area contributed by atoms with E-state index in [1.54, 1.807) is 12.1 Å². The summed E-state index contributed by atoms with van der Waals surface area (Å²) < 4.78 is 24.2. The number of benzene rings is 5. The first-order chi connectivity index (χ1) is 27.6. The Kier molecular flexibility index (Phi) is 7.93. The molecule has 0 spiro atoms. The zero-order valence-electron chi connectivity index (χ0n) is 37.6. The van der Waals surface area contributed by atoms with Gasteiger partial charge >= 0.3 is 0 Å². The van der Waals surface area contributed by atoms with Crippen LogP contribution in [0.25, 0.3) is 11.0 Å². The van der Waals surface area contributed by atoms with Gasteiger partial charge in [-0.25, -0.2) is 4.39 Å². The van der Waals surface area contributed by atoms with E-state index < -0.39 is 0 Å². The van der Waals surface area contributed by atoms with Gasteiger partial charge in [-0.05, 0) is 159 Å². The molecule has 10 rings (SSSR count). The number of hydrogen-bond acceptors (Lipinski definition) is 3. The molecule has 3 heterocycles. The molecule has 302 valence electrons. The number of anilines is 6. The number of hydrogen-bond donors (Lipinski definition) is 0. The van der Waals surface area contributed by atoms with Gasteiger partial charge in [-0.1, -0.05) is 112 Å². The summed E-state index contributed by atoms with van der Waals surface area (Å²) in [5, 5.41) is 1.05. The highest BCUT2D eigenvalue weighted by atomic mass is 19.1. The van der Waals surface area contributed by atoms with Crippen LogP contribution in [0.15, 0.2) is 83.3 Å². The van der Waals surface area contributed by atoms with Crippen molar-refractivity contribution in [2.75, 3.05) is 9.80 Å². The quantitative estimate of drug-likeness (QED) is 0.163. The molecule has 0 radical (unpaired) electrons. The Bertz CT molecular complexity index is 2780. The molecular weight excluding hydrogens is 722 g/mol. The first kappa shape index (κ1) is 38.4. The molecule has 0 unspecified atom stereocenters. The van der Waals surface area contributed by atoms with Gasteiger partial charge in [-0.15, -0.1) is 0 Å². The molecule has 1 aromatic heterocycles. The summed E-state index contributed by atoms with van der Waals surface area (Å²) in [4.78, 5) is 4.74. The zero-order valence-corrected chi connectivity index (χ0v) is 37.6. The van der Waals surface area contributed by atoms with Crippen molar-refractivity contribution in [3.8, 4) is 0 Å². The highest BCUT2D eigenvalue weighted by molar-refractivity contribution is 7.00. The Morgan fingerprint density at radius 3 is 1.81 bits per heavy atom. The van der Waals surface area contributed by atoms with Crippen LogP contribution >= 0.6 is 0 Å². The summed E-state index contributed by atoms with van der Waals surface area (Å²) in [5.74, 6) is -0.244. The van der Waals surface area contributed by atoms with E-state index in [1.807, 2.05) is 0 Å². The van der Waals surface area contributed by atoms with E-state index in [1.165, 1.54) is 38.8 Å². The molecular formula is C54H60BFN2O. The number of fused-ring (bicyclic) bond motifs is 8. The second-order valence-corrected chi connectivity index (χ2v) is 22.2. The molecule has 2 aliphatic heterocycles. The minimum atomic E-state index is -0.244. The third-order valence-corrected chi connectivity index (χ3v) is 15.2. The molecule has 4 aliphatic rings. The van der Waals surface area contributed by atoms with Crippen LogP contribution in [0.2, 0.25) is 0 Å². The third kappa shape index (κ3) is 5.58. The SMILES string of the molecule is Cc1ccc2oc3c(c2c1)N(c1ccc(C(C)(C)C)cc1C)c1cc(F)cc2c1B3c1cc3c(cc1N2c1ccc2c(c1)C(C)(C)CCC2(C)C)C(C)(C)CCC3(C)C. The molecule has 59 heavy (non-hydrogen) atoms. The van der Waals surface area contributed by atoms with Crippen molar-refractivity contribution < 1.29 is 8.81 Å². The monoisotopic (exact) mass is 782 g/mol. The van der Waals surface area contributed by atoms with Gasteiger partial charge in [0.2, 0.25) is 0 Å². The van der Waals surface area contributed by atoms with Crippen molar-refractivity contribution in [3.63, 3.8) is 0 Å². The summed E-state index contributed by atoms with van der Waals surface area (Å²) in [7, 11) is 0. The average molecular weight is 783 g/mol. The van der Waals surface area contributed by atoms with Gasteiger partial charge in [0, 0.05) is 33.8 Å². The van der Waals surface area contributed by atoms with Gasteiger partial charge < -0.3 is 14.2 Å². The lowest BCUT2D eigenvalue weighted by Gasteiger charge is -2.47. The van der Waals surface area contributed by atoms with Crippen molar-refractivity contribution >= 4 is 68.4 Å². The number of nitrogens with zero attached hydrogens (tertiary/aromatic N) is 2. The lowest BCUT2D eigenvalue weighted by atomic mass is 9.35. The second-order valence-electron chi connectivity index (χ2n) is 22.2. The van der Waals surface area contributed by atoms with Gasteiger partial charge in [-0.2, -0.15) is 0 Å². The topological polar surface area (TPSA) is 19.6 Å². The smallest absolute Gasteiger partial charge is 0.297 e. The lowest BCUT2D eigenvalue weighted by Crippen LogP contribution is -2.61. The summed E-state index contributed by atoms with van der Waals surface area (Å²) in [6.07, 6.45) is 4.51. The van der Waals surface area contributed by atoms with E-state index in [4.69, 9.17) is 4.42 Å². The molecule has 2 aliphatic carbocycles. The maximum atomic E-state index is 17.0. The molecule has 0 bridgehead atoms. The molecule has 0 saturated carbocycles. The molecule has 0 N–H and O–H groups in total. The summed E-state index contributed by atoms with van der Waals surface area (Å²) in [6.45, 7) is 30.1. The van der Waals surface area contributed by atoms with Gasteiger partial charge in [0.25, 0.3) is 6.71 Å². The van der Waals surface area contributed by atoms with Crippen molar-refractivity contribution in [1.82, 2.24) is 0 Å². The molecule has 5 heteroatoms. The highest BCUT2D eigenvalue weighted by Gasteiger charge is 2.49. The summed E-state index contributed by atoms with van der Waals surface area (Å²) in [5.41, 5.74) is 19.4. The Balaban J connectivity index is 1.33. The number of halogens is 1. The molecule has 0 amide bonds. The summed E-state index contributed by atoms with van der Waals surface area (Å²) in [6, 6.07) is 29.0. The number of rotatable bonds is 2. The number of furan rings is 1. The molecule has 3 nitrogen and oxygen atoms in total. The van der Waals surface area contributed by atoms with Crippen molar-refractivity contribution in [3.05, 3.63) is 124 Å². The van der Waals surface area contributed by atoms with E-state index in [0.29, 0.717) is 0 Å². The van der Waals surface area contributed by atoms with E-state index in [0.717, 1.165) is 87.5 Å². The normalized spacial score (nSPS) is 19.2. The Hall–Kier alpha value is -4.77. The van der Waals surface area contributed by atoms with Gasteiger partial charge in [0.1, 0.15) is 11.4 Å². The predicted molar refractivity (Wildman–Crippen MR) is 249 cm³/mol. The Morgan fingerprint density at radius 1 is 0.593 bits per heavy atom. The fourth-order valence-corrected chi connectivity index (χ4v) is 11.2. The van der Waals surface area contributed by atoms with Gasteiger partial charge in [0.05, 0.1) is 11.3 Å². The first-order valence-electron chi connectivity index (χ1n) is 22.0. The van der Waals surface area contributed by atoms with Crippen molar-refractivity contribution in [2.24, 2.45) is 0 Å². The summed E-state index contributed by atoms with van der Waals surface area (Å²) >= 11 is 0. The fraction of sp³-hybridized carbons (Fsp3) is 0.407. The van der Waals surface area contributed by atoms with E-state index in [-0.39, 0.29) is 39.6 Å². The molecule has 0 atom stereocenters. The Morgan fingerprint density at radius 2 is 1.19 bits per heavy atom. The second kappa shape index (κ2) is 12.2. The van der Waals surface area contributed by atoms with E-state index >= 15 is 4.39 Å². The van der Waals surface area contributed by atoms with Crippen molar-refractivity contribution in [1.29, 1.82) is 0 Å². The molecule has 5 aromatic carbocycles. The maximum absolute atomic E-state index is 17.0. The minimum absolute atomic E-state index is 0.00151. The standard InChI is InChI=1S/C54H60BFN2O/c1-31-14-19-46-36(24-31)48-49(59-46)55-41-29-39-40(54(12,13)23-22-53(39,10)11)30-43(41)57(35-16-17-37-38(28-35)52(8,9)21-20-51(37,6)7)44-26-34(56)27-45(47(44)55)58(48)42-18-15-33(25-32(42)2)50(3,4)5/h14-19,24-30H,20-23H2,1-13H3. The van der Waals surface area contributed by atoms with Crippen LogP contribution in [0.5, 0.6) is 0 Å². The zero-order chi connectivity index (χ0) is 41.9. The number of aryl methyl sites for hydroxylation is 2. The van der Waals surface area contributed by atoms with Crippen LogP contribution in [0.4, 0.5) is 38.5 Å². The minimum Gasteiger partial charge on any atom is -0.468 e. The van der Waals surface area contributed by atoms with Crippen LogP contribution in [0.3, 0.4) is 0 Å². The van der Waals surface area contributed by atoms with Crippen LogP contribution in [0, 0.1) is 19.7 Å². The first-order valence-corrected chi connectivity index (χ1v) is 22.0. The molecule has 6 aromatic rings. The van der Waals surface area contributed by atoms with Gasteiger partial charge in [0.15, 0.2) is 0 Å². The van der Waals surface area contributed by atoms with E-state index in [2.05, 4.69) is 167 Å².